The van der Waals surface area contributed by atoms with E-state index >= 15 is 0 Å². The Kier molecular flexibility index (Phi) is 3.21. The molecular weight excluding hydrogens is 181 g/mol. The summed E-state index contributed by atoms with van der Waals surface area (Å²) in [6, 6.07) is 5.96. The minimum atomic E-state index is -0.594. The number of rotatable bonds is 2. The van der Waals surface area contributed by atoms with Crippen molar-refractivity contribution >= 4 is 0 Å². The van der Waals surface area contributed by atoms with E-state index in [2.05, 4.69) is 0 Å². The Morgan fingerprint density at radius 2 is 2.07 bits per heavy atom. The molecule has 2 unspecified atom stereocenters. The van der Waals surface area contributed by atoms with Crippen LogP contribution in [0.4, 0.5) is 4.39 Å². The van der Waals surface area contributed by atoms with Crippen molar-refractivity contribution in [3.05, 3.63) is 35.1 Å². The zero-order valence-electron chi connectivity index (χ0n) is 8.16. The van der Waals surface area contributed by atoms with Gasteiger partial charge in [-0.2, -0.15) is 5.26 Å². The highest BCUT2D eigenvalue weighted by molar-refractivity contribution is 5.40. The molecule has 3 heteroatoms. The van der Waals surface area contributed by atoms with Crippen LogP contribution in [0.3, 0.4) is 0 Å². The van der Waals surface area contributed by atoms with E-state index in [1.54, 1.807) is 13.8 Å². The van der Waals surface area contributed by atoms with Crippen molar-refractivity contribution in [2.45, 2.75) is 25.9 Å². The molecule has 0 bridgehead atoms. The summed E-state index contributed by atoms with van der Waals surface area (Å²) in [5.41, 5.74) is 0.974. The molecule has 0 saturated carbocycles. The number of halogens is 1. The second-order valence-electron chi connectivity index (χ2n) is 3.37. The van der Waals surface area contributed by atoms with Gasteiger partial charge in [-0.1, -0.05) is 6.92 Å². The van der Waals surface area contributed by atoms with Gasteiger partial charge >= 0.3 is 0 Å². The van der Waals surface area contributed by atoms with Crippen molar-refractivity contribution in [3.63, 3.8) is 0 Å². The highest BCUT2D eigenvalue weighted by atomic mass is 19.1. The van der Waals surface area contributed by atoms with E-state index in [0.29, 0.717) is 11.1 Å². The average molecular weight is 193 g/mol. The molecule has 0 amide bonds. The zero-order valence-corrected chi connectivity index (χ0v) is 8.16. The molecule has 0 aliphatic heterocycles. The van der Waals surface area contributed by atoms with Gasteiger partial charge in [-0.3, -0.25) is 0 Å². The van der Waals surface area contributed by atoms with Crippen LogP contribution >= 0.6 is 0 Å². The van der Waals surface area contributed by atoms with Gasteiger partial charge in [-0.05, 0) is 30.7 Å². The molecule has 0 fully saturated rings. The van der Waals surface area contributed by atoms with Gasteiger partial charge in [0.05, 0.1) is 17.7 Å². The van der Waals surface area contributed by atoms with Crippen LogP contribution in [0.15, 0.2) is 18.2 Å². The topological polar surface area (TPSA) is 44.0 Å². The zero-order chi connectivity index (χ0) is 10.7. The van der Waals surface area contributed by atoms with Crippen LogP contribution in [0.5, 0.6) is 0 Å². The van der Waals surface area contributed by atoms with Gasteiger partial charge < -0.3 is 5.11 Å². The van der Waals surface area contributed by atoms with Crippen molar-refractivity contribution in [1.29, 1.82) is 5.26 Å². The molecule has 0 heterocycles. The molecule has 1 rings (SSSR count). The van der Waals surface area contributed by atoms with Crippen molar-refractivity contribution in [2.75, 3.05) is 0 Å². The first-order valence-electron chi connectivity index (χ1n) is 4.44. The van der Waals surface area contributed by atoms with Crippen LogP contribution in [-0.2, 0) is 0 Å². The lowest BCUT2D eigenvalue weighted by molar-refractivity contribution is 0.169. The van der Waals surface area contributed by atoms with Crippen molar-refractivity contribution in [1.82, 2.24) is 0 Å². The molecule has 0 saturated heterocycles. The fourth-order valence-electron chi connectivity index (χ4n) is 1.27. The molecule has 0 aliphatic rings. The smallest absolute Gasteiger partial charge is 0.123 e. The maximum Gasteiger partial charge on any atom is 0.123 e. The van der Waals surface area contributed by atoms with E-state index < -0.39 is 6.10 Å². The van der Waals surface area contributed by atoms with Crippen LogP contribution in [-0.4, -0.2) is 11.2 Å². The Balaban J connectivity index is 3.18. The molecule has 2 atom stereocenters. The third-order valence-electron chi connectivity index (χ3n) is 2.35. The van der Waals surface area contributed by atoms with Crippen molar-refractivity contribution in [3.8, 4) is 6.07 Å². The van der Waals surface area contributed by atoms with Gasteiger partial charge in [-0.25, -0.2) is 4.39 Å². The third kappa shape index (κ3) is 2.09. The predicted molar refractivity (Wildman–Crippen MR) is 51.2 cm³/mol. The average Bonchev–Trinajstić information content (AvgIpc) is 2.16. The molecular formula is C11H12FNO. The molecule has 1 aromatic carbocycles. The van der Waals surface area contributed by atoms with Crippen LogP contribution in [0.2, 0.25) is 0 Å². The van der Waals surface area contributed by atoms with Gasteiger partial charge in [0.25, 0.3) is 0 Å². The Hall–Kier alpha value is -1.40. The normalized spacial score (nSPS) is 14.5. The summed E-state index contributed by atoms with van der Waals surface area (Å²) in [6.45, 7) is 3.39. The van der Waals surface area contributed by atoms with Gasteiger partial charge in [0.2, 0.25) is 0 Å². The maximum absolute atomic E-state index is 12.9. The molecule has 0 radical (unpaired) electrons. The summed E-state index contributed by atoms with van der Waals surface area (Å²) < 4.78 is 12.9. The Bertz CT molecular complexity index is 368. The quantitative estimate of drug-likeness (QED) is 0.782. The molecule has 2 nitrogen and oxygen atoms in total. The summed E-state index contributed by atoms with van der Waals surface area (Å²) >= 11 is 0. The fraction of sp³-hybridized carbons (Fsp3) is 0.364. The molecule has 0 aromatic heterocycles. The number of hydrogen-bond acceptors (Lipinski definition) is 2. The molecule has 0 aliphatic carbocycles. The van der Waals surface area contributed by atoms with E-state index in [0.717, 1.165) is 0 Å². The predicted octanol–water partition coefficient (Wildman–Crippen LogP) is 2.18. The second kappa shape index (κ2) is 4.21. The number of aliphatic hydroxyl groups excluding tert-OH is 1. The summed E-state index contributed by atoms with van der Waals surface area (Å²) in [5, 5.41) is 18.1. The lowest BCUT2D eigenvalue weighted by atomic mass is 9.92. The van der Waals surface area contributed by atoms with E-state index in [1.807, 2.05) is 6.07 Å². The second-order valence-corrected chi connectivity index (χ2v) is 3.37. The fourth-order valence-corrected chi connectivity index (χ4v) is 1.27. The number of benzene rings is 1. The first-order chi connectivity index (χ1) is 6.56. The van der Waals surface area contributed by atoms with Gasteiger partial charge in [0.15, 0.2) is 0 Å². The van der Waals surface area contributed by atoms with Crippen LogP contribution in [0, 0.1) is 17.1 Å². The Morgan fingerprint density at radius 3 is 2.57 bits per heavy atom. The molecule has 74 valence electrons. The summed E-state index contributed by atoms with van der Waals surface area (Å²) in [7, 11) is 0. The monoisotopic (exact) mass is 193 g/mol. The minimum Gasteiger partial charge on any atom is -0.393 e. The number of hydrogen-bond donors (Lipinski definition) is 1. The SMILES string of the molecule is CC(O)C(C)c1cc(F)ccc1C#N. The summed E-state index contributed by atoms with van der Waals surface area (Å²) in [5.74, 6) is -0.619. The molecule has 14 heavy (non-hydrogen) atoms. The van der Waals surface area contributed by atoms with Crippen molar-refractivity contribution in [2.24, 2.45) is 0 Å². The first kappa shape index (κ1) is 10.7. The number of nitrogens with zero attached hydrogens (tertiary/aromatic N) is 1. The number of nitriles is 1. The van der Waals surface area contributed by atoms with E-state index in [-0.39, 0.29) is 11.7 Å². The Morgan fingerprint density at radius 1 is 1.43 bits per heavy atom. The van der Waals surface area contributed by atoms with Crippen molar-refractivity contribution < 1.29 is 9.50 Å². The minimum absolute atomic E-state index is 0.236. The molecule has 1 aromatic rings. The number of aliphatic hydroxyl groups is 1. The van der Waals surface area contributed by atoms with Crippen LogP contribution < -0.4 is 0 Å². The largest absolute Gasteiger partial charge is 0.393 e. The van der Waals surface area contributed by atoms with Gasteiger partial charge in [-0.15, -0.1) is 0 Å². The maximum atomic E-state index is 12.9. The van der Waals surface area contributed by atoms with Crippen LogP contribution in [0.1, 0.15) is 30.9 Å². The van der Waals surface area contributed by atoms with E-state index in [9.17, 15) is 9.50 Å². The standard InChI is InChI=1S/C11H12FNO/c1-7(8(2)14)11-5-10(12)4-3-9(11)6-13/h3-5,7-8,14H,1-2H3. The van der Waals surface area contributed by atoms with E-state index in [1.165, 1.54) is 18.2 Å². The Labute approximate surface area is 82.6 Å². The van der Waals surface area contributed by atoms with Crippen LogP contribution in [0.25, 0.3) is 0 Å². The lowest BCUT2D eigenvalue weighted by Crippen LogP contribution is -2.12. The van der Waals surface area contributed by atoms with Gasteiger partial charge in [0, 0.05) is 5.92 Å². The lowest BCUT2D eigenvalue weighted by Gasteiger charge is -2.16. The highest BCUT2D eigenvalue weighted by Gasteiger charge is 2.15. The third-order valence-corrected chi connectivity index (χ3v) is 2.35. The molecule has 0 spiro atoms. The van der Waals surface area contributed by atoms with E-state index in [4.69, 9.17) is 5.26 Å². The highest BCUT2D eigenvalue weighted by Crippen LogP contribution is 2.23. The summed E-state index contributed by atoms with van der Waals surface area (Å²) in [6.07, 6.45) is -0.594. The first-order valence-corrected chi connectivity index (χ1v) is 4.44. The van der Waals surface area contributed by atoms with Gasteiger partial charge in [0.1, 0.15) is 5.82 Å². The summed E-state index contributed by atoms with van der Waals surface area (Å²) in [4.78, 5) is 0. The molecule has 1 N–H and O–H groups in total.